The Hall–Kier alpha value is -1.89. The molecule has 2 aromatic rings. The molecule has 1 heteroatoms. The molecule has 1 unspecified atom stereocenters. The van der Waals surface area contributed by atoms with Crippen molar-refractivity contribution < 1.29 is 0 Å². The van der Waals surface area contributed by atoms with E-state index in [2.05, 4.69) is 62.7 Å². The van der Waals surface area contributed by atoms with Gasteiger partial charge in [-0.2, -0.15) is 0 Å². The summed E-state index contributed by atoms with van der Waals surface area (Å²) in [6.07, 6.45) is 4.93. The van der Waals surface area contributed by atoms with Crippen LogP contribution in [-0.4, -0.2) is 4.98 Å². The molecule has 0 amide bonds. The van der Waals surface area contributed by atoms with Crippen molar-refractivity contribution in [1.82, 2.24) is 4.98 Å². The summed E-state index contributed by atoms with van der Waals surface area (Å²) in [4.78, 5) is 4.56. The topological polar surface area (TPSA) is 12.9 Å². The summed E-state index contributed by atoms with van der Waals surface area (Å²) in [5.41, 5.74) is 4.77. The first-order chi connectivity index (χ1) is 9.12. The molecule has 0 fully saturated rings. The van der Waals surface area contributed by atoms with E-state index in [1.54, 1.807) is 0 Å². The van der Waals surface area contributed by atoms with Crippen molar-refractivity contribution >= 4 is 0 Å². The Morgan fingerprint density at radius 2 is 1.95 bits per heavy atom. The normalized spacial score (nSPS) is 13.8. The fraction of sp³-hybridized carbons (Fsp3) is 0.278. The Balaban J connectivity index is 2.67. The second kappa shape index (κ2) is 5.40. The van der Waals surface area contributed by atoms with Crippen LogP contribution in [0.4, 0.5) is 0 Å². The molecule has 1 atom stereocenters. The van der Waals surface area contributed by atoms with Crippen LogP contribution in [0.25, 0.3) is 11.3 Å². The molecule has 0 N–H and O–H groups in total. The number of benzene rings is 1. The highest BCUT2D eigenvalue weighted by Gasteiger charge is 2.24. The van der Waals surface area contributed by atoms with Crippen molar-refractivity contribution in [2.75, 3.05) is 0 Å². The Morgan fingerprint density at radius 3 is 2.58 bits per heavy atom. The molecule has 1 heterocycles. The fourth-order valence-electron chi connectivity index (χ4n) is 2.40. The molecule has 0 saturated heterocycles. The standard InChI is InChI=1S/C18H21N/c1-5-18(4,6-2)16-12-8-7-11-15(16)17-14(3)10-9-13-19-17/h5,7-13H,1,6H2,2-4H3. The van der Waals surface area contributed by atoms with Gasteiger partial charge in [0.1, 0.15) is 0 Å². The molecule has 19 heavy (non-hydrogen) atoms. The minimum atomic E-state index is -0.0133. The van der Waals surface area contributed by atoms with Crippen LogP contribution < -0.4 is 0 Å². The number of rotatable bonds is 4. The molecule has 0 saturated carbocycles. The third kappa shape index (κ3) is 2.46. The van der Waals surface area contributed by atoms with Gasteiger partial charge in [-0.25, -0.2) is 0 Å². The maximum Gasteiger partial charge on any atom is 0.0734 e. The van der Waals surface area contributed by atoms with E-state index in [-0.39, 0.29) is 5.41 Å². The van der Waals surface area contributed by atoms with Crippen LogP contribution in [0.3, 0.4) is 0 Å². The number of nitrogens with zero attached hydrogens (tertiary/aromatic N) is 1. The van der Waals surface area contributed by atoms with Gasteiger partial charge in [-0.1, -0.05) is 50.3 Å². The van der Waals surface area contributed by atoms with Crippen molar-refractivity contribution in [3.05, 3.63) is 66.4 Å². The summed E-state index contributed by atoms with van der Waals surface area (Å²) in [5.74, 6) is 0. The molecule has 0 radical (unpaired) electrons. The van der Waals surface area contributed by atoms with E-state index in [4.69, 9.17) is 0 Å². The van der Waals surface area contributed by atoms with Crippen LogP contribution in [0.2, 0.25) is 0 Å². The maximum absolute atomic E-state index is 4.56. The number of hydrogen-bond acceptors (Lipinski definition) is 1. The molecule has 98 valence electrons. The molecule has 0 spiro atoms. The smallest absolute Gasteiger partial charge is 0.0734 e. The zero-order valence-corrected chi connectivity index (χ0v) is 12.0. The molecule has 0 aliphatic rings. The predicted octanol–water partition coefficient (Wildman–Crippen LogP) is 4.91. The third-order valence-electron chi connectivity index (χ3n) is 3.99. The lowest BCUT2D eigenvalue weighted by molar-refractivity contribution is 0.575. The van der Waals surface area contributed by atoms with E-state index >= 15 is 0 Å². The summed E-state index contributed by atoms with van der Waals surface area (Å²) < 4.78 is 0. The Kier molecular flexibility index (Phi) is 3.84. The third-order valence-corrected chi connectivity index (χ3v) is 3.99. The van der Waals surface area contributed by atoms with Gasteiger partial charge in [0, 0.05) is 17.2 Å². The van der Waals surface area contributed by atoms with E-state index in [1.807, 2.05) is 18.3 Å². The number of allylic oxidation sites excluding steroid dienone is 1. The highest BCUT2D eigenvalue weighted by atomic mass is 14.7. The first-order valence-corrected chi connectivity index (χ1v) is 6.77. The first-order valence-electron chi connectivity index (χ1n) is 6.77. The van der Waals surface area contributed by atoms with Gasteiger partial charge < -0.3 is 0 Å². The van der Waals surface area contributed by atoms with Crippen LogP contribution in [0.5, 0.6) is 0 Å². The van der Waals surface area contributed by atoms with Gasteiger partial charge in [0.05, 0.1) is 5.69 Å². The number of aromatic nitrogens is 1. The zero-order valence-electron chi connectivity index (χ0n) is 12.0. The molecular weight excluding hydrogens is 230 g/mol. The Bertz CT molecular complexity index is 586. The Morgan fingerprint density at radius 1 is 1.21 bits per heavy atom. The summed E-state index contributed by atoms with van der Waals surface area (Å²) in [7, 11) is 0. The van der Waals surface area contributed by atoms with Gasteiger partial charge in [0.25, 0.3) is 0 Å². The fourth-order valence-corrected chi connectivity index (χ4v) is 2.40. The summed E-state index contributed by atoms with van der Waals surface area (Å²) >= 11 is 0. The predicted molar refractivity (Wildman–Crippen MR) is 82.3 cm³/mol. The monoisotopic (exact) mass is 251 g/mol. The number of aryl methyl sites for hydroxylation is 1. The molecule has 0 aliphatic carbocycles. The van der Waals surface area contributed by atoms with Gasteiger partial charge in [-0.05, 0) is 30.5 Å². The molecule has 1 nitrogen and oxygen atoms in total. The lowest BCUT2D eigenvalue weighted by Gasteiger charge is -2.27. The quantitative estimate of drug-likeness (QED) is 0.703. The van der Waals surface area contributed by atoms with Crippen molar-refractivity contribution in [1.29, 1.82) is 0 Å². The highest BCUT2D eigenvalue weighted by molar-refractivity contribution is 5.68. The molecule has 1 aromatic carbocycles. The second-order valence-corrected chi connectivity index (χ2v) is 5.19. The summed E-state index contributed by atoms with van der Waals surface area (Å²) in [6.45, 7) is 10.6. The summed E-state index contributed by atoms with van der Waals surface area (Å²) in [5, 5.41) is 0. The van der Waals surface area contributed by atoms with Crippen molar-refractivity contribution in [2.45, 2.75) is 32.6 Å². The average molecular weight is 251 g/mol. The van der Waals surface area contributed by atoms with Crippen LogP contribution in [0.15, 0.2) is 55.3 Å². The number of pyridine rings is 1. The molecular formula is C18H21N. The maximum atomic E-state index is 4.56. The van der Waals surface area contributed by atoms with Gasteiger partial charge in [-0.15, -0.1) is 6.58 Å². The van der Waals surface area contributed by atoms with Crippen molar-refractivity contribution in [3.63, 3.8) is 0 Å². The van der Waals surface area contributed by atoms with Crippen LogP contribution in [-0.2, 0) is 5.41 Å². The van der Waals surface area contributed by atoms with Crippen molar-refractivity contribution in [3.8, 4) is 11.3 Å². The largest absolute Gasteiger partial charge is 0.256 e. The van der Waals surface area contributed by atoms with E-state index in [1.165, 1.54) is 16.7 Å². The van der Waals surface area contributed by atoms with E-state index in [0.29, 0.717) is 0 Å². The molecule has 0 bridgehead atoms. The average Bonchev–Trinajstić information content (AvgIpc) is 2.47. The van der Waals surface area contributed by atoms with Crippen LogP contribution in [0, 0.1) is 6.92 Å². The number of hydrogen-bond donors (Lipinski definition) is 0. The summed E-state index contributed by atoms with van der Waals surface area (Å²) in [6, 6.07) is 12.6. The van der Waals surface area contributed by atoms with Crippen LogP contribution >= 0.6 is 0 Å². The first kappa shape index (κ1) is 13.5. The van der Waals surface area contributed by atoms with Crippen LogP contribution in [0.1, 0.15) is 31.4 Å². The zero-order chi connectivity index (χ0) is 13.9. The molecule has 2 rings (SSSR count). The van der Waals surface area contributed by atoms with E-state index in [0.717, 1.165) is 12.1 Å². The SMILES string of the molecule is C=CC(C)(CC)c1ccccc1-c1ncccc1C. The molecule has 0 aliphatic heterocycles. The van der Waals surface area contributed by atoms with E-state index < -0.39 is 0 Å². The second-order valence-electron chi connectivity index (χ2n) is 5.19. The Labute approximate surface area is 116 Å². The molecule has 1 aromatic heterocycles. The van der Waals surface area contributed by atoms with Gasteiger partial charge in [-0.3, -0.25) is 4.98 Å². The van der Waals surface area contributed by atoms with Gasteiger partial charge in [0.15, 0.2) is 0 Å². The minimum Gasteiger partial charge on any atom is -0.256 e. The lowest BCUT2D eigenvalue weighted by Crippen LogP contribution is -2.18. The van der Waals surface area contributed by atoms with E-state index in [9.17, 15) is 0 Å². The minimum absolute atomic E-state index is 0.0133. The van der Waals surface area contributed by atoms with Crippen molar-refractivity contribution in [2.24, 2.45) is 0 Å². The highest BCUT2D eigenvalue weighted by Crippen LogP contribution is 2.36. The van der Waals surface area contributed by atoms with Gasteiger partial charge in [0.2, 0.25) is 0 Å². The van der Waals surface area contributed by atoms with Gasteiger partial charge >= 0.3 is 0 Å². The lowest BCUT2D eigenvalue weighted by atomic mass is 9.77.